The summed E-state index contributed by atoms with van der Waals surface area (Å²) in [5, 5.41) is 8.40. The highest BCUT2D eigenvalue weighted by molar-refractivity contribution is 7.91. The van der Waals surface area contributed by atoms with Crippen molar-refractivity contribution in [1.29, 1.82) is 0 Å². The van der Waals surface area contributed by atoms with Gasteiger partial charge in [-0.3, -0.25) is 0 Å². The molecule has 1 heterocycles. The van der Waals surface area contributed by atoms with Crippen LogP contribution in [-0.4, -0.2) is 62.3 Å². The fraction of sp³-hybridized carbons (Fsp3) is 0.857. The first kappa shape index (κ1) is 11.3. The van der Waals surface area contributed by atoms with Crippen LogP contribution in [0.1, 0.15) is 0 Å². The highest BCUT2D eigenvalue weighted by atomic mass is 32.2. The second-order valence-corrected chi connectivity index (χ2v) is 5.28. The van der Waals surface area contributed by atoms with E-state index in [0.29, 0.717) is 0 Å². The molecule has 1 saturated heterocycles. The van der Waals surface area contributed by atoms with E-state index in [9.17, 15) is 13.2 Å². The molecule has 0 spiro atoms. The monoisotopic (exact) mass is 223 g/mol. The Morgan fingerprint density at radius 2 is 1.93 bits per heavy atom. The van der Waals surface area contributed by atoms with Gasteiger partial charge >= 0.3 is 6.09 Å². The lowest BCUT2D eigenvalue weighted by Crippen LogP contribution is -2.44. The van der Waals surface area contributed by atoms with Gasteiger partial charge in [0.05, 0.1) is 18.1 Å². The van der Waals surface area contributed by atoms with Crippen LogP contribution in [0, 0.1) is 0 Å². The van der Waals surface area contributed by atoms with E-state index in [1.165, 1.54) is 4.90 Å². The summed E-state index contributed by atoms with van der Waals surface area (Å²) in [7, 11) is -2.97. The van der Waals surface area contributed by atoms with Crippen molar-refractivity contribution in [3.05, 3.63) is 0 Å². The Morgan fingerprint density at radius 1 is 1.36 bits per heavy atom. The minimum absolute atomic E-state index is 0.0127. The molecule has 0 aromatic carbocycles. The maximum Gasteiger partial charge on any atom is 0.409 e. The third-order valence-electron chi connectivity index (χ3n) is 1.92. The number of carbonyl (C=O) groups excluding carboxylic acids is 1. The van der Waals surface area contributed by atoms with Gasteiger partial charge in [0.25, 0.3) is 0 Å². The van der Waals surface area contributed by atoms with Crippen LogP contribution in [0.3, 0.4) is 0 Å². The van der Waals surface area contributed by atoms with Crippen molar-refractivity contribution in [3.8, 4) is 0 Å². The molecular weight excluding hydrogens is 210 g/mol. The Balaban J connectivity index is 2.38. The van der Waals surface area contributed by atoms with Crippen molar-refractivity contribution in [1.82, 2.24) is 4.90 Å². The summed E-state index contributed by atoms with van der Waals surface area (Å²) in [6.07, 6.45) is -0.561. The van der Waals surface area contributed by atoms with Gasteiger partial charge in [-0.1, -0.05) is 0 Å². The number of hydrogen-bond acceptors (Lipinski definition) is 5. The van der Waals surface area contributed by atoms with E-state index in [0.717, 1.165) is 0 Å². The highest BCUT2D eigenvalue weighted by Gasteiger charge is 2.25. The summed E-state index contributed by atoms with van der Waals surface area (Å²) in [4.78, 5) is 12.5. The first-order valence-electron chi connectivity index (χ1n) is 4.28. The number of aliphatic hydroxyl groups is 1. The van der Waals surface area contributed by atoms with Crippen molar-refractivity contribution in [2.45, 2.75) is 0 Å². The molecule has 1 amide bonds. The summed E-state index contributed by atoms with van der Waals surface area (Å²) in [6, 6.07) is 0. The van der Waals surface area contributed by atoms with Gasteiger partial charge in [0.15, 0.2) is 9.84 Å². The van der Waals surface area contributed by atoms with E-state index in [4.69, 9.17) is 5.11 Å². The molecule has 0 saturated carbocycles. The lowest BCUT2D eigenvalue weighted by molar-refractivity contribution is 0.0866. The molecule has 6 nitrogen and oxygen atoms in total. The van der Waals surface area contributed by atoms with Gasteiger partial charge in [0, 0.05) is 13.1 Å². The Bertz CT molecular complexity index is 285. The van der Waals surface area contributed by atoms with Crippen molar-refractivity contribution < 1.29 is 23.1 Å². The molecule has 1 rings (SSSR count). The fourth-order valence-electron chi connectivity index (χ4n) is 1.12. The van der Waals surface area contributed by atoms with Crippen LogP contribution in [-0.2, 0) is 14.6 Å². The predicted octanol–water partition coefficient (Wildman–Crippen LogP) is -1.15. The van der Waals surface area contributed by atoms with Crippen LogP contribution in [0.15, 0.2) is 0 Å². The number of rotatable bonds is 2. The third-order valence-corrected chi connectivity index (χ3v) is 3.53. The third kappa shape index (κ3) is 3.15. The fourth-order valence-corrected chi connectivity index (χ4v) is 2.32. The second kappa shape index (κ2) is 4.61. The zero-order valence-corrected chi connectivity index (χ0v) is 8.49. The van der Waals surface area contributed by atoms with Crippen LogP contribution in [0.2, 0.25) is 0 Å². The number of nitrogens with zero attached hydrogens (tertiary/aromatic N) is 1. The average molecular weight is 223 g/mol. The summed E-state index contributed by atoms with van der Waals surface area (Å²) in [6.45, 7) is 0.0686. The first-order chi connectivity index (χ1) is 6.55. The molecule has 0 aromatic rings. The van der Waals surface area contributed by atoms with Crippen LogP contribution in [0.25, 0.3) is 0 Å². The number of sulfone groups is 1. The molecule has 1 N–H and O–H groups in total. The van der Waals surface area contributed by atoms with Gasteiger partial charge in [0.2, 0.25) is 0 Å². The smallest absolute Gasteiger partial charge is 0.409 e. The zero-order valence-electron chi connectivity index (χ0n) is 7.68. The van der Waals surface area contributed by atoms with Crippen molar-refractivity contribution in [2.75, 3.05) is 37.8 Å². The number of carbonyl (C=O) groups is 1. The van der Waals surface area contributed by atoms with Crippen LogP contribution >= 0.6 is 0 Å². The quantitative estimate of drug-likeness (QED) is 0.638. The van der Waals surface area contributed by atoms with E-state index < -0.39 is 15.9 Å². The number of ether oxygens (including phenoxy) is 1. The Morgan fingerprint density at radius 3 is 2.43 bits per heavy atom. The van der Waals surface area contributed by atoms with Crippen molar-refractivity contribution in [3.63, 3.8) is 0 Å². The molecular formula is C7H13NO5S. The van der Waals surface area contributed by atoms with E-state index in [1.807, 2.05) is 0 Å². The van der Waals surface area contributed by atoms with E-state index in [-0.39, 0.29) is 37.8 Å². The molecule has 1 aliphatic rings. The molecule has 1 fully saturated rings. The summed E-state index contributed by atoms with van der Waals surface area (Å²) >= 11 is 0. The van der Waals surface area contributed by atoms with Gasteiger partial charge in [-0.2, -0.15) is 0 Å². The summed E-state index contributed by atoms with van der Waals surface area (Å²) in [5.41, 5.74) is 0. The molecule has 0 atom stereocenters. The number of hydrogen-bond donors (Lipinski definition) is 1. The van der Waals surface area contributed by atoms with Gasteiger partial charge in [-0.05, 0) is 0 Å². The number of amides is 1. The highest BCUT2D eigenvalue weighted by Crippen LogP contribution is 2.04. The minimum atomic E-state index is -2.97. The Kier molecular flexibility index (Phi) is 3.70. The average Bonchev–Trinajstić information content (AvgIpc) is 2.14. The Labute approximate surface area is 82.4 Å². The molecule has 0 bridgehead atoms. The molecule has 0 aromatic heterocycles. The molecule has 14 heavy (non-hydrogen) atoms. The SMILES string of the molecule is O=C(OCCO)N1CCS(=O)(=O)CC1. The van der Waals surface area contributed by atoms with Crippen molar-refractivity contribution >= 4 is 15.9 Å². The van der Waals surface area contributed by atoms with Crippen LogP contribution in [0.5, 0.6) is 0 Å². The van der Waals surface area contributed by atoms with Gasteiger partial charge < -0.3 is 14.7 Å². The molecule has 82 valence electrons. The van der Waals surface area contributed by atoms with Crippen LogP contribution < -0.4 is 0 Å². The summed E-state index contributed by atoms with van der Waals surface area (Å²) in [5.74, 6) is -0.0253. The molecule has 0 aliphatic carbocycles. The lowest BCUT2D eigenvalue weighted by Gasteiger charge is -2.25. The first-order valence-corrected chi connectivity index (χ1v) is 6.10. The van der Waals surface area contributed by atoms with Gasteiger partial charge in [0.1, 0.15) is 6.61 Å². The molecule has 1 aliphatic heterocycles. The van der Waals surface area contributed by atoms with E-state index in [1.54, 1.807) is 0 Å². The molecule has 7 heteroatoms. The normalized spacial score (nSPS) is 20.5. The van der Waals surface area contributed by atoms with Gasteiger partial charge in [-0.15, -0.1) is 0 Å². The molecule has 0 unspecified atom stereocenters. The largest absolute Gasteiger partial charge is 0.447 e. The van der Waals surface area contributed by atoms with Gasteiger partial charge in [-0.25, -0.2) is 13.2 Å². The minimum Gasteiger partial charge on any atom is -0.447 e. The standard InChI is InChI=1S/C7H13NO5S/c9-3-4-13-7(10)8-1-5-14(11,12)6-2-8/h9H,1-6H2. The van der Waals surface area contributed by atoms with E-state index >= 15 is 0 Å². The maximum absolute atomic E-state index is 11.2. The van der Waals surface area contributed by atoms with E-state index in [2.05, 4.69) is 4.74 Å². The second-order valence-electron chi connectivity index (χ2n) is 2.98. The molecule has 0 radical (unpaired) electrons. The van der Waals surface area contributed by atoms with Crippen molar-refractivity contribution in [2.24, 2.45) is 0 Å². The zero-order chi connectivity index (χ0) is 10.6. The predicted molar refractivity (Wildman–Crippen MR) is 48.7 cm³/mol. The topological polar surface area (TPSA) is 83.9 Å². The maximum atomic E-state index is 11.2. The van der Waals surface area contributed by atoms with Crippen LogP contribution in [0.4, 0.5) is 4.79 Å². The summed E-state index contributed by atoms with van der Waals surface area (Å²) < 4.78 is 26.7. The number of aliphatic hydroxyl groups excluding tert-OH is 1. The Hall–Kier alpha value is -0.820. The lowest BCUT2D eigenvalue weighted by atomic mass is 10.5.